The lowest BCUT2D eigenvalue weighted by molar-refractivity contribution is -0.157. The Balaban J connectivity index is 2.18. The topological polar surface area (TPSA) is 49.8 Å². The third-order valence-corrected chi connectivity index (χ3v) is 3.74. The summed E-state index contributed by atoms with van der Waals surface area (Å²) in [6, 6.07) is 0. The fraction of sp³-hybridized carbons (Fsp3) is 0.909. The molecule has 0 radical (unpaired) electrons. The average molecular weight is 213 g/mol. The van der Waals surface area contributed by atoms with E-state index < -0.39 is 11.5 Å². The molecule has 0 spiro atoms. The molecular weight excluding hydrogens is 194 g/mol. The van der Waals surface area contributed by atoms with Crippen LogP contribution >= 0.6 is 0 Å². The van der Waals surface area contributed by atoms with Crippen molar-refractivity contribution in [2.75, 3.05) is 26.3 Å². The van der Waals surface area contributed by atoms with Gasteiger partial charge in [0.25, 0.3) is 0 Å². The van der Waals surface area contributed by atoms with E-state index >= 15 is 0 Å². The van der Waals surface area contributed by atoms with Crippen molar-refractivity contribution < 1.29 is 14.6 Å². The van der Waals surface area contributed by atoms with Crippen LogP contribution in [-0.4, -0.2) is 47.8 Å². The van der Waals surface area contributed by atoms with Crippen molar-refractivity contribution in [3.8, 4) is 0 Å². The lowest BCUT2D eigenvalue weighted by atomic mass is 9.87. The number of ether oxygens (including phenoxy) is 1. The summed E-state index contributed by atoms with van der Waals surface area (Å²) in [5, 5.41) is 9.50. The van der Waals surface area contributed by atoms with Gasteiger partial charge in [-0.2, -0.15) is 0 Å². The van der Waals surface area contributed by atoms with E-state index in [1.54, 1.807) is 0 Å². The molecule has 2 fully saturated rings. The number of rotatable bonds is 4. The molecular formula is C11H19NO3. The molecule has 1 heterocycles. The maximum atomic E-state index is 11.6. The molecule has 0 aromatic rings. The molecule has 1 aliphatic heterocycles. The lowest BCUT2D eigenvalue weighted by Gasteiger charge is -2.42. The Kier molecular flexibility index (Phi) is 2.98. The molecule has 2 aliphatic rings. The Morgan fingerprint density at radius 3 is 2.47 bits per heavy atom. The van der Waals surface area contributed by atoms with E-state index in [9.17, 15) is 9.90 Å². The first-order valence-corrected chi connectivity index (χ1v) is 5.78. The van der Waals surface area contributed by atoms with Crippen LogP contribution in [0, 0.1) is 5.92 Å². The monoisotopic (exact) mass is 213 g/mol. The van der Waals surface area contributed by atoms with Crippen molar-refractivity contribution in [3.63, 3.8) is 0 Å². The molecule has 0 aromatic carbocycles. The third-order valence-electron chi connectivity index (χ3n) is 3.74. The molecule has 4 nitrogen and oxygen atoms in total. The highest BCUT2D eigenvalue weighted by atomic mass is 16.5. The zero-order chi connectivity index (χ0) is 10.9. The molecule has 0 aromatic heterocycles. The first-order chi connectivity index (χ1) is 7.21. The highest BCUT2D eigenvalue weighted by Crippen LogP contribution is 2.45. The molecule has 2 rings (SSSR count). The van der Waals surface area contributed by atoms with Crippen molar-refractivity contribution in [2.24, 2.45) is 5.92 Å². The van der Waals surface area contributed by atoms with Crippen LogP contribution in [0.5, 0.6) is 0 Å². The van der Waals surface area contributed by atoms with E-state index in [1.165, 1.54) is 0 Å². The van der Waals surface area contributed by atoms with Crippen LogP contribution < -0.4 is 0 Å². The smallest absolute Gasteiger partial charge is 0.324 e. The summed E-state index contributed by atoms with van der Waals surface area (Å²) in [5.74, 6) is -0.285. The van der Waals surface area contributed by atoms with Gasteiger partial charge in [-0.25, -0.2) is 0 Å². The number of carbonyl (C=O) groups is 1. The number of aliphatic carboxylic acids is 1. The fourth-order valence-electron chi connectivity index (χ4n) is 2.75. The number of hydrogen-bond donors (Lipinski definition) is 1. The second kappa shape index (κ2) is 4.10. The number of hydrogen-bond acceptors (Lipinski definition) is 3. The summed E-state index contributed by atoms with van der Waals surface area (Å²) in [6.45, 7) is 4.85. The van der Waals surface area contributed by atoms with Gasteiger partial charge in [0.05, 0.1) is 13.2 Å². The predicted molar refractivity (Wildman–Crippen MR) is 55.8 cm³/mol. The second-order valence-electron chi connectivity index (χ2n) is 4.46. The quantitative estimate of drug-likeness (QED) is 0.755. The lowest BCUT2D eigenvalue weighted by Crippen LogP contribution is -2.59. The van der Waals surface area contributed by atoms with Gasteiger partial charge in [-0.3, -0.25) is 9.69 Å². The normalized spacial score (nSPS) is 27.3. The van der Waals surface area contributed by atoms with Gasteiger partial charge in [0.1, 0.15) is 5.54 Å². The number of carboxylic acid groups (broad SMARTS) is 1. The molecule has 86 valence electrons. The standard InChI is InChI=1S/C11H19NO3/c1-2-11(10(13)14,9-3-4-9)12-5-7-15-8-6-12/h9H,2-8H2,1H3,(H,13,14). The highest BCUT2D eigenvalue weighted by molar-refractivity contribution is 5.79. The van der Waals surface area contributed by atoms with Crippen molar-refractivity contribution in [1.82, 2.24) is 4.90 Å². The third kappa shape index (κ3) is 1.76. The molecule has 4 heteroatoms. The molecule has 15 heavy (non-hydrogen) atoms. The van der Waals surface area contributed by atoms with E-state index in [2.05, 4.69) is 4.90 Å². The van der Waals surface area contributed by atoms with Crippen molar-refractivity contribution in [3.05, 3.63) is 0 Å². The summed E-state index contributed by atoms with van der Waals surface area (Å²) in [4.78, 5) is 13.7. The van der Waals surface area contributed by atoms with Gasteiger partial charge in [-0.1, -0.05) is 6.92 Å². The first kappa shape index (κ1) is 10.9. The number of nitrogens with zero attached hydrogens (tertiary/aromatic N) is 1. The molecule has 1 atom stereocenters. The summed E-state index contributed by atoms with van der Waals surface area (Å²) >= 11 is 0. The first-order valence-electron chi connectivity index (χ1n) is 5.78. The Hall–Kier alpha value is -0.610. The number of carboxylic acids is 1. The van der Waals surface area contributed by atoms with Crippen LogP contribution in [0.3, 0.4) is 0 Å². The zero-order valence-electron chi connectivity index (χ0n) is 9.24. The zero-order valence-corrected chi connectivity index (χ0v) is 9.24. The average Bonchev–Trinajstić information content (AvgIpc) is 3.05. The maximum absolute atomic E-state index is 11.6. The van der Waals surface area contributed by atoms with Crippen LogP contribution in [-0.2, 0) is 9.53 Å². The summed E-state index contributed by atoms with van der Waals surface area (Å²) in [6.07, 6.45) is 2.84. The highest BCUT2D eigenvalue weighted by Gasteiger charge is 2.53. The molecule has 1 N–H and O–H groups in total. The Morgan fingerprint density at radius 1 is 1.47 bits per heavy atom. The fourth-order valence-corrected chi connectivity index (χ4v) is 2.75. The summed E-state index contributed by atoms with van der Waals surface area (Å²) < 4.78 is 5.28. The molecule has 0 amide bonds. The van der Waals surface area contributed by atoms with Gasteiger partial charge >= 0.3 is 5.97 Å². The van der Waals surface area contributed by atoms with E-state index in [4.69, 9.17) is 4.74 Å². The van der Waals surface area contributed by atoms with Gasteiger partial charge in [-0.15, -0.1) is 0 Å². The number of morpholine rings is 1. The van der Waals surface area contributed by atoms with Gasteiger partial charge in [0, 0.05) is 13.1 Å². The summed E-state index contributed by atoms with van der Waals surface area (Å²) in [5.41, 5.74) is -0.607. The van der Waals surface area contributed by atoms with Crippen LogP contribution in [0.1, 0.15) is 26.2 Å². The summed E-state index contributed by atoms with van der Waals surface area (Å²) in [7, 11) is 0. The van der Waals surface area contributed by atoms with E-state index in [0.717, 1.165) is 25.9 Å². The van der Waals surface area contributed by atoms with Crippen molar-refractivity contribution in [1.29, 1.82) is 0 Å². The Labute approximate surface area is 90.2 Å². The molecule has 0 bridgehead atoms. The van der Waals surface area contributed by atoms with Gasteiger partial charge < -0.3 is 9.84 Å². The largest absolute Gasteiger partial charge is 0.480 e. The Morgan fingerprint density at radius 2 is 2.07 bits per heavy atom. The van der Waals surface area contributed by atoms with Crippen LogP contribution in [0.25, 0.3) is 0 Å². The van der Waals surface area contributed by atoms with Crippen LogP contribution in [0.15, 0.2) is 0 Å². The minimum Gasteiger partial charge on any atom is -0.480 e. The SMILES string of the molecule is CCC(C(=O)O)(C1CC1)N1CCOCC1. The maximum Gasteiger partial charge on any atom is 0.324 e. The van der Waals surface area contributed by atoms with E-state index in [0.29, 0.717) is 25.6 Å². The van der Waals surface area contributed by atoms with Crippen LogP contribution in [0.4, 0.5) is 0 Å². The van der Waals surface area contributed by atoms with E-state index in [1.807, 2.05) is 6.92 Å². The van der Waals surface area contributed by atoms with Gasteiger partial charge in [0.15, 0.2) is 0 Å². The Bertz CT molecular complexity index is 246. The molecule has 1 aliphatic carbocycles. The van der Waals surface area contributed by atoms with Gasteiger partial charge in [-0.05, 0) is 25.2 Å². The predicted octanol–water partition coefficient (Wildman–Crippen LogP) is 0.962. The molecule has 1 saturated heterocycles. The van der Waals surface area contributed by atoms with E-state index in [-0.39, 0.29) is 0 Å². The molecule has 1 saturated carbocycles. The second-order valence-corrected chi connectivity index (χ2v) is 4.46. The minimum atomic E-state index is -0.644. The molecule has 1 unspecified atom stereocenters. The van der Waals surface area contributed by atoms with Crippen molar-refractivity contribution in [2.45, 2.75) is 31.7 Å². The van der Waals surface area contributed by atoms with Crippen molar-refractivity contribution >= 4 is 5.97 Å². The minimum absolute atomic E-state index is 0.359. The van der Waals surface area contributed by atoms with Crippen LogP contribution in [0.2, 0.25) is 0 Å². The van der Waals surface area contributed by atoms with Gasteiger partial charge in [0.2, 0.25) is 0 Å².